The Balaban J connectivity index is 1.55. The van der Waals surface area contributed by atoms with Crippen LogP contribution in [0.25, 0.3) is 22.0 Å². The molecule has 2 aromatic carbocycles. The van der Waals surface area contributed by atoms with Crippen LogP contribution in [0, 0.1) is 5.82 Å². The van der Waals surface area contributed by atoms with Crippen molar-refractivity contribution in [1.82, 2.24) is 14.5 Å². The Morgan fingerprint density at radius 3 is 2.63 bits per heavy atom. The summed E-state index contributed by atoms with van der Waals surface area (Å²) in [5, 5.41) is 0.635. The highest BCUT2D eigenvalue weighted by atomic mass is 19.1. The van der Waals surface area contributed by atoms with Crippen molar-refractivity contribution >= 4 is 10.9 Å². The minimum atomic E-state index is -0.265. The molecule has 27 heavy (non-hydrogen) atoms. The SMILES string of the molecule is O=c1c2ccc(-c3cccc(F)c3)cc2nc2n1CCN(C1CCC1)CC2. The fourth-order valence-corrected chi connectivity index (χ4v) is 4.24. The fraction of sp³-hybridized carbons (Fsp3) is 0.364. The monoisotopic (exact) mass is 363 g/mol. The van der Waals surface area contributed by atoms with Crippen molar-refractivity contribution in [2.45, 2.75) is 38.3 Å². The Morgan fingerprint density at radius 1 is 1.00 bits per heavy atom. The molecule has 1 aliphatic carbocycles. The van der Waals surface area contributed by atoms with E-state index in [0.717, 1.165) is 36.5 Å². The molecule has 1 aromatic heterocycles. The Bertz CT molecular complexity index is 1070. The quantitative estimate of drug-likeness (QED) is 0.698. The van der Waals surface area contributed by atoms with E-state index in [0.29, 0.717) is 23.5 Å². The summed E-state index contributed by atoms with van der Waals surface area (Å²) in [6.07, 6.45) is 4.67. The number of fused-ring (bicyclic) bond motifs is 2. The van der Waals surface area contributed by atoms with Crippen LogP contribution in [-0.4, -0.2) is 33.6 Å². The van der Waals surface area contributed by atoms with Crippen molar-refractivity contribution in [2.24, 2.45) is 0 Å². The second kappa shape index (κ2) is 6.57. The van der Waals surface area contributed by atoms with Gasteiger partial charge < -0.3 is 0 Å². The van der Waals surface area contributed by atoms with E-state index in [1.165, 1.54) is 31.4 Å². The molecule has 1 saturated carbocycles. The first-order chi connectivity index (χ1) is 13.2. The lowest BCUT2D eigenvalue weighted by Crippen LogP contribution is -2.41. The van der Waals surface area contributed by atoms with Crippen LogP contribution >= 0.6 is 0 Å². The fourth-order valence-electron chi connectivity index (χ4n) is 4.24. The molecule has 3 aromatic rings. The average Bonchev–Trinajstić information content (AvgIpc) is 2.83. The molecular weight excluding hydrogens is 341 g/mol. The van der Waals surface area contributed by atoms with E-state index >= 15 is 0 Å². The third kappa shape index (κ3) is 2.96. The highest BCUT2D eigenvalue weighted by molar-refractivity contribution is 5.83. The molecule has 0 unspecified atom stereocenters. The zero-order valence-electron chi connectivity index (χ0n) is 15.2. The number of aromatic nitrogens is 2. The van der Waals surface area contributed by atoms with Gasteiger partial charge in [0.2, 0.25) is 0 Å². The number of hydrogen-bond donors (Lipinski definition) is 0. The summed E-state index contributed by atoms with van der Waals surface area (Å²) in [6, 6.07) is 12.8. The molecule has 0 bridgehead atoms. The standard InChI is InChI=1S/C22H22FN3O/c23-17-4-1-3-15(13-17)16-7-8-19-20(14-16)24-21-9-10-25(18-5-2-6-18)11-12-26(21)22(19)27/h1,3-4,7-8,13-14,18H,2,5-6,9-12H2. The van der Waals surface area contributed by atoms with Gasteiger partial charge in [0.25, 0.3) is 5.56 Å². The predicted molar refractivity (Wildman–Crippen MR) is 104 cm³/mol. The molecule has 0 radical (unpaired) electrons. The van der Waals surface area contributed by atoms with Gasteiger partial charge in [0.1, 0.15) is 11.6 Å². The summed E-state index contributed by atoms with van der Waals surface area (Å²) < 4.78 is 15.4. The zero-order valence-corrected chi connectivity index (χ0v) is 15.2. The lowest BCUT2D eigenvalue weighted by atomic mass is 9.91. The summed E-state index contributed by atoms with van der Waals surface area (Å²) >= 11 is 0. The van der Waals surface area contributed by atoms with Crippen molar-refractivity contribution in [3.05, 3.63) is 64.5 Å². The van der Waals surface area contributed by atoms with Crippen LogP contribution in [0.1, 0.15) is 25.1 Å². The van der Waals surface area contributed by atoms with Crippen LogP contribution in [0.15, 0.2) is 47.3 Å². The van der Waals surface area contributed by atoms with Crippen molar-refractivity contribution < 1.29 is 4.39 Å². The van der Waals surface area contributed by atoms with Gasteiger partial charge in [-0.05, 0) is 48.2 Å². The molecule has 1 fully saturated rings. The number of nitrogens with zero attached hydrogens (tertiary/aromatic N) is 3. The first-order valence-electron chi connectivity index (χ1n) is 9.72. The van der Waals surface area contributed by atoms with Gasteiger partial charge in [-0.2, -0.15) is 0 Å². The number of benzene rings is 2. The van der Waals surface area contributed by atoms with E-state index < -0.39 is 0 Å². The molecule has 2 aliphatic rings. The van der Waals surface area contributed by atoms with E-state index in [1.807, 2.05) is 28.8 Å². The van der Waals surface area contributed by atoms with Crippen LogP contribution in [0.2, 0.25) is 0 Å². The van der Waals surface area contributed by atoms with Crippen LogP contribution in [0.3, 0.4) is 0 Å². The first-order valence-corrected chi connectivity index (χ1v) is 9.72. The molecule has 0 amide bonds. The normalized spacial score (nSPS) is 18.1. The average molecular weight is 363 g/mol. The van der Waals surface area contributed by atoms with E-state index in [-0.39, 0.29) is 11.4 Å². The maximum absolute atomic E-state index is 13.6. The molecular formula is C22H22FN3O. The maximum atomic E-state index is 13.6. The van der Waals surface area contributed by atoms with Crippen molar-refractivity contribution in [3.63, 3.8) is 0 Å². The molecule has 138 valence electrons. The Morgan fingerprint density at radius 2 is 1.85 bits per heavy atom. The van der Waals surface area contributed by atoms with Gasteiger partial charge in [0.15, 0.2) is 0 Å². The molecule has 0 atom stereocenters. The molecule has 0 N–H and O–H groups in total. The molecule has 2 heterocycles. The van der Waals surface area contributed by atoms with E-state index in [2.05, 4.69) is 4.90 Å². The smallest absolute Gasteiger partial charge is 0.261 e. The number of hydrogen-bond acceptors (Lipinski definition) is 3. The second-order valence-corrected chi connectivity index (χ2v) is 7.60. The van der Waals surface area contributed by atoms with Crippen LogP contribution < -0.4 is 5.56 Å². The van der Waals surface area contributed by atoms with Gasteiger partial charge >= 0.3 is 0 Å². The number of rotatable bonds is 2. The Kier molecular flexibility index (Phi) is 4.05. The second-order valence-electron chi connectivity index (χ2n) is 7.60. The predicted octanol–water partition coefficient (Wildman–Crippen LogP) is 3.61. The topological polar surface area (TPSA) is 38.1 Å². The van der Waals surface area contributed by atoms with Gasteiger partial charge in [-0.15, -0.1) is 0 Å². The first kappa shape index (κ1) is 16.6. The maximum Gasteiger partial charge on any atom is 0.261 e. The lowest BCUT2D eigenvalue weighted by molar-refractivity contribution is 0.130. The lowest BCUT2D eigenvalue weighted by Gasteiger charge is -2.36. The van der Waals surface area contributed by atoms with E-state index in [9.17, 15) is 9.18 Å². The van der Waals surface area contributed by atoms with Crippen LogP contribution in [0.5, 0.6) is 0 Å². The van der Waals surface area contributed by atoms with Gasteiger partial charge in [-0.25, -0.2) is 9.37 Å². The molecule has 0 saturated heterocycles. The molecule has 0 spiro atoms. The third-order valence-electron chi connectivity index (χ3n) is 6.02. The van der Waals surface area contributed by atoms with E-state index in [4.69, 9.17) is 4.98 Å². The highest BCUT2D eigenvalue weighted by Crippen LogP contribution is 2.27. The zero-order chi connectivity index (χ0) is 18.4. The largest absolute Gasteiger partial charge is 0.298 e. The van der Waals surface area contributed by atoms with Gasteiger partial charge in [0.05, 0.1) is 10.9 Å². The van der Waals surface area contributed by atoms with Gasteiger partial charge in [-0.1, -0.05) is 24.6 Å². The molecule has 4 nitrogen and oxygen atoms in total. The molecule has 5 rings (SSSR count). The van der Waals surface area contributed by atoms with Crippen molar-refractivity contribution in [3.8, 4) is 11.1 Å². The van der Waals surface area contributed by atoms with Crippen LogP contribution in [-0.2, 0) is 13.0 Å². The molecule has 5 heteroatoms. The third-order valence-corrected chi connectivity index (χ3v) is 6.02. The van der Waals surface area contributed by atoms with Crippen molar-refractivity contribution in [2.75, 3.05) is 13.1 Å². The Labute approximate surface area is 157 Å². The number of halogens is 1. The van der Waals surface area contributed by atoms with Gasteiger partial charge in [0, 0.05) is 32.1 Å². The van der Waals surface area contributed by atoms with Gasteiger partial charge in [-0.3, -0.25) is 14.3 Å². The summed E-state index contributed by atoms with van der Waals surface area (Å²) in [5.41, 5.74) is 2.41. The summed E-state index contributed by atoms with van der Waals surface area (Å²) in [7, 11) is 0. The Hall–Kier alpha value is -2.53. The van der Waals surface area contributed by atoms with E-state index in [1.54, 1.807) is 6.07 Å². The summed E-state index contributed by atoms with van der Waals surface area (Å²) in [4.78, 5) is 20.4. The van der Waals surface area contributed by atoms with Crippen molar-refractivity contribution in [1.29, 1.82) is 0 Å². The minimum absolute atomic E-state index is 0.0382. The minimum Gasteiger partial charge on any atom is -0.298 e. The summed E-state index contributed by atoms with van der Waals surface area (Å²) in [5.74, 6) is 0.601. The highest BCUT2D eigenvalue weighted by Gasteiger charge is 2.27. The summed E-state index contributed by atoms with van der Waals surface area (Å²) in [6.45, 7) is 2.59. The van der Waals surface area contributed by atoms with Crippen LogP contribution in [0.4, 0.5) is 4.39 Å². The molecule has 1 aliphatic heterocycles.